The predicted octanol–water partition coefficient (Wildman–Crippen LogP) is 0.676. The SMILES string of the molecule is CNCC(=O)NC(C)c1ccco1. The molecule has 1 unspecified atom stereocenters. The first-order valence-electron chi connectivity index (χ1n) is 4.21. The van der Waals surface area contributed by atoms with Crippen LogP contribution in [0.25, 0.3) is 0 Å². The minimum atomic E-state index is -0.0733. The highest BCUT2D eigenvalue weighted by atomic mass is 16.3. The van der Waals surface area contributed by atoms with E-state index in [1.54, 1.807) is 19.4 Å². The molecule has 0 fully saturated rings. The Balaban J connectivity index is 2.42. The van der Waals surface area contributed by atoms with E-state index in [9.17, 15) is 4.79 Å². The van der Waals surface area contributed by atoms with Crippen LogP contribution in [0.1, 0.15) is 18.7 Å². The van der Waals surface area contributed by atoms with Gasteiger partial charge in [-0.1, -0.05) is 0 Å². The Labute approximate surface area is 77.3 Å². The Morgan fingerprint density at radius 3 is 3.00 bits per heavy atom. The van der Waals surface area contributed by atoms with Crippen LogP contribution in [0.4, 0.5) is 0 Å². The molecule has 0 saturated heterocycles. The summed E-state index contributed by atoms with van der Waals surface area (Å²) in [5, 5.41) is 5.56. The van der Waals surface area contributed by atoms with Gasteiger partial charge >= 0.3 is 0 Å². The zero-order valence-corrected chi connectivity index (χ0v) is 7.83. The lowest BCUT2D eigenvalue weighted by molar-refractivity contribution is -0.120. The Morgan fingerprint density at radius 2 is 2.46 bits per heavy atom. The van der Waals surface area contributed by atoms with Gasteiger partial charge < -0.3 is 15.1 Å². The molecular formula is C9H14N2O2. The summed E-state index contributed by atoms with van der Waals surface area (Å²) in [6.45, 7) is 2.21. The number of amides is 1. The van der Waals surface area contributed by atoms with Crippen LogP contribution in [-0.4, -0.2) is 19.5 Å². The summed E-state index contributed by atoms with van der Waals surface area (Å²) in [5.41, 5.74) is 0. The van der Waals surface area contributed by atoms with Gasteiger partial charge in [-0.2, -0.15) is 0 Å². The number of hydrogen-bond acceptors (Lipinski definition) is 3. The van der Waals surface area contributed by atoms with Crippen LogP contribution in [0.2, 0.25) is 0 Å². The van der Waals surface area contributed by atoms with Crippen molar-refractivity contribution < 1.29 is 9.21 Å². The zero-order chi connectivity index (χ0) is 9.68. The standard InChI is InChI=1S/C9H14N2O2/c1-7(8-4-3-5-13-8)11-9(12)6-10-2/h3-5,7,10H,6H2,1-2H3,(H,11,12). The van der Waals surface area contributed by atoms with Crippen molar-refractivity contribution in [1.29, 1.82) is 0 Å². The number of furan rings is 1. The highest BCUT2D eigenvalue weighted by molar-refractivity contribution is 5.78. The molecule has 4 heteroatoms. The molecule has 0 spiro atoms. The third-order valence-electron chi connectivity index (χ3n) is 1.68. The van der Waals surface area contributed by atoms with Crippen LogP contribution in [0.15, 0.2) is 22.8 Å². The average Bonchev–Trinajstić information content (AvgIpc) is 2.55. The van der Waals surface area contributed by atoms with E-state index in [1.807, 2.05) is 13.0 Å². The van der Waals surface area contributed by atoms with Crippen molar-refractivity contribution in [2.45, 2.75) is 13.0 Å². The number of hydrogen-bond donors (Lipinski definition) is 2. The van der Waals surface area contributed by atoms with Gasteiger partial charge in [-0.05, 0) is 26.1 Å². The summed E-state index contributed by atoms with van der Waals surface area (Å²) in [7, 11) is 1.73. The minimum Gasteiger partial charge on any atom is -0.467 e. The van der Waals surface area contributed by atoms with Gasteiger partial charge in [-0.3, -0.25) is 4.79 Å². The van der Waals surface area contributed by atoms with Crippen molar-refractivity contribution in [3.05, 3.63) is 24.2 Å². The molecule has 1 atom stereocenters. The van der Waals surface area contributed by atoms with Crippen LogP contribution < -0.4 is 10.6 Å². The first-order chi connectivity index (χ1) is 6.24. The highest BCUT2D eigenvalue weighted by Gasteiger charge is 2.10. The minimum absolute atomic E-state index is 0.0357. The molecule has 1 aromatic rings. The maximum atomic E-state index is 11.1. The largest absolute Gasteiger partial charge is 0.467 e. The summed E-state index contributed by atoms with van der Waals surface area (Å²) in [6.07, 6.45) is 1.59. The van der Waals surface area contributed by atoms with Crippen LogP contribution in [0, 0.1) is 0 Å². The van der Waals surface area contributed by atoms with Crippen molar-refractivity contribution in [2.75, 3.05) is 13.6 Å². The maximum Gasteiger partial charge on any atom is 0.234 e. The van der Waals surface area contributed by atoms with E-state index in [1.165, 1.54) is 0 Å². The van der Waals surface area contributed by atoms with Crippen molar-refractivity contribution in [2.24, 2.45) is 0 Å². The third-order valence-corrected chi connectivity index (χ3v) is 1.68. The Bertz CT molecular complexity index is 257. The van der Waals surface area contributed by atoms with E-state index >= 15 is 0 Å². The van der Waals surface area contributed by atoms with E-state index in [4.69, 9.17) is 4.42 Å². The second-order valence-electron chi connectivity index (χ2n) is 2.83. The molecule has 0 bridgehead atoms. The van der Waals surface area contributed by atoms with Crippen molar-refractivity contribution >= 4 is 5.91 Å². The van der Waals surface area contributed by atoms with Gasteiger partial charge in [0.2, 0.25) is 5.91 Å². The fourth-order valence-electron chi connectivity index (χ4n) is 1.06. The number of carbonyl (C=O) groups excluding carboxylic acids is 1. The summed E-state index contributed by atoms with van der Waals surface area (Å²) >= 11 is 0. The maximum absolute atomic E-state index is 11.1. The fourth-order valence-corrected chi connectivity index (χ4v) is 1.06. The van der Waals surface area contributed by atoms with E-state index in [-0.39, 0.29) is 11.9 Å². The lowest BCUT2D eigenvalue weighted by Gasteiger charge is -2.10. The Morgan fingerprint density at radius 1 is 1.69 bits per heavy atom. The third kappa shape index (κ3) is 2.91. The van der Waals surface area contributed by atoms with E-state index in [0.717, 1.165) is 5.76 Å². The molecule has 2 N–H and O–H groups in total. The predicted molar refractivity (Wildman–Crippen MR) is 49.2 cm³/mol. The number of likely N-dealkylation sites (N-methyl/N-ethyl adjacent to an activating group) is 1. The van der Waals surface area contributed by atoms with Gasteiger partial charge in [0.1, 0.15) is 5.76 Å². The smallest absolute Gasteiger partial charge is 0.234 e. The number of nitrogens with one attached hydrogen (secondary N) is 2. The second-order valence-corrected chi connectivity index (χ2v) is 2.83. The fraction of sp³-hybridized carbons (Fsp3) is 0.444. The van der Waals surface area contributed by atoms with Crippen LogP contribution in [-0.2, 0) is 4.79 Å². The Hall–Kier alpha value is -1.29. The molecule has 0 aliphatic heterocycles. The normalized spacial score (nSPS) is 12.5. The summed E-state index contributed by atoms with van der Waals surface area (Å²) in [6, 6.07) is 3.57. The van der Waals surface area contributed by atoms with E-state index in [2.05, 4.69) is 10.6 Å². The van der Waals surface area contributed by atoms with Crippen LogP contribution in [0.3, 0.4) is 0 Å². The molecule has 13 heavy (non-hydrogen) atoms. The summed E-state index contributed by atoms with van der Waals surface area (Å²) in [4.78, 5) is 11.1. The Kier molecular flexibility index (Phi) is 3.52. The molecule has 1 rings (SSSR count). The van der Waals surface area contributed by atoms with Gasteiger partial charge in [-0.25, -0.2) is 0 Å². The van der Waals surface area contributed by atoms with Gasteiger partial charge in [0.05, 0.1) is 18.8 Å². The first-order valence-corrected chi connectivity index (χ1v) is 4.21. The molecule has 1 aromatic heterocycles. The average molecular weight is 182 g/mol. The van der Waals surface area contributed by atoms with Gasteiger partial charge in [0.15, 0.2) is 0 Å². The quantitative estimate of drug-likeness (QED) is 0.719. The lowest BCUT2D eigenvalue weighted by atomic mass is 10.2. The monoisotopic (exact) mass is 182 g/mol. The van der Waals surface area contributed by atoms with Crippen molar-refractivity contribution in [1.82, 2.24) is 10.6 Å². The molecule has 0 saturated carbocycles. The topological polar surface area (TPSA) is 54.3 Å². The van der Waals surface area contributed by atoms with Gasteiger partial charge in [-0.15, -0.1) is 0 Å². The first kappa shape index (κ1) is 9.80. The van der Waals surface area contributed by atoms with Crippen molar-refractivity contribution in [3.8, 4) is 0 Å². The molecule has 1 amide bonds. The molecule has 0 radical (unpaired) electrons. The summed E-state index contributed by atoms with van der Waals surface area (Å²) < 4.78 is 5.14. The molecule has 0 aliphatic carbocycles. The van der Waals surface area contributed by atoms with Crippen LogP contribution >= 0.6 is 0 Å². The second kappa shape index (κ2) is 4.67. The van der Waals surface area contributed by atoms with Gasteiger partial charge in [0, 0.05) is 0 Å². The molecule has 4 nitrogen and oxygen atoms in total. The van der Waals surface area contributed by atoms with Crippen molar-refractivity contribution in [3.63, 3.8) is 0 Å². The molecular weight excluding hydrogens is 168 g/mol. The molecule has 0 aromatic carbocycles. The van der Waals surface area contributed by atoms with Gasteiger partial charge in [0.25, 0.3) is 0 Å². The molecule has 72 valence electrons. The van der Waals surface area contributed by atoms with Crippen LogP contribution in [0.5, 0.6) is 0 Å². The number of carbonyl (C=O) groups is 1. The lowest BCUT2D eigenvalue weighted by Crippen LogP contribution is -2.33. The molecule has 1 heterocycles. The summed E-state index contributed by atoms with van der Waals surface area (Å²) in [5.74, 6) is 0.732. The number of rotatable bonds is 4. The zero-order valence-electron chi connectivity index (χ0n) is 7.83. The van der Waals surface area contributed by atoms with E-state index < -0.39 is 0 Å². The molecule has 0 aliphatic rings. The van der Waals surface area contributed by atoms with E-state index in [0.29, 0.717) is 6.54 Å². The highest BCUT2D eigenvalue weighted by Crippen LogP contribution is 2.11.